The van der Waals surface area contributed by atoms with Crippen molar-refractivity contribution in [3.8, 4) is 0 Å². The van der Waals surface area contributed by atoms with E-state index in [4.69, 9.17) is 0 Å². The van der Waals surface area contributed by atoms with Crippen molar-refractivity contribution < 1.29 is 4.79 Å². The van der Waals surface area contributed by atoms with E-state index in [-0.39, 0.29) is 17.4 Å². The number of carbonyl (C=O) groups excluding carboxylic acids is 1. The number of aryl methyl sites for hydroxylation is 1. The minimum absolute atomic E-state index is 0.0530. The van der Waals surface area contributed by atoms with Crippen molar-refractivity contribution in [2.45, 2.75) is 25.5 Å². The Balaban J connectivity index is 1.86. The lowest BCUT2D eigenvalue weighted by Crippen LogP contribution is -2.42. The number of benzene rings is 1. The molecule has 6 heteroatoms. The predicted molar refractivity (Wildman–Crippen MR) is 91.9 cm³/mol. The standard InChI is InChI=1S/C17H19N3O2S/c1-3-19(14-7-5-4-6-8-14)16(22)13-10-20-15(21)12(2)9-18-17(20)23-11-13/h4-9,13H,3,10-11H2,1-2H3. The van der Waals surface area contributed by atoms with Gasteiger partial charge in [-0.3, -0.25) is 14.2 Å². The van der Waals surface area contributed by atoms with Gasteiger partial charge in [0.05, 0.1) is 5.92 Å². The van der Waals surface area contributed by atoms with Gasteiger partial charge in [-0.25, -0.2) is 4.98 Å². The van der Waals surface area contributed by atoms with E-state index in [1.165, 1.54) is 11.8 Å². The van der Waals surface area contributed by atoms with E-state index in [0.717, 1.165) is 5.69 Å². The van der Waals surface area contributed by atoms with Gasteiger partial charge in [0.1, 0.15) is 0 Å². The minimum atomic E-state index is -0.214. The third-order valence-electron chi connectivity index (χ3n) is 4.00. The number of rotatable bonds is 3. The summed E-state index contributed by atoms with van der Waals surface area (Å²) in [5.41, 5.74) is 1.45. The van der Waals surface area contributed by atoms with Gasteiger partial charge < -0.3 is 4.90 Å². The first kappa shape index (κ1) is 15.8. The summed E-state index contributed by atoms with van der Waals surface area (Å²) in [5, 5.41) is 0.701. The molecule has 2 heterocycles. The van der Waals surface area contributed by atoms with Crippen molar-refractivity contribution in [1.82, 2.24) is 9.55 Å². The van der Waals surface area contributed by atoms with E-state index in [1.807, 2.05) is 37.3 Å². The SMILES string of the molecule is CCN(C(=O)C1CSc2ncc(C)c(=O)n2C1)c1ccccc1. The van der Waals surface area contributed by atoms with Crippen LogP contribution in [0.25, 0.3) is 0 Å². The Morgan fingerprint density at radius 3 is 2.83 bits per heavy atom. The normalized spacial score (nSPS) is 16.7. The average molecular weight is 329 g/mol. The highest BCUT2D eigenvalue weighted by Crippen LogP contribution is 2.27. The molecule has 1 atom stereocenters. The number of thioether (sulfide) groups is 1. The highest BCUT2D eigenvalue weighted by atomic mass is 32.2. The zero-order valence-corrected chi connectivity index (χ0v) is 14.0. The number of hydrogen-bond donors (Lipinski definition) is 0. The van der Waals surface area contributed by atoms with Crippen molar-refractivity contribution in [2.75, 3.05) is 17.2 Å². The molecule has 0 fully saturated rings. The molecule has 1 aromatic heterocycles. The summed E-state index contributed by atoms with van der Waals surface area (Å²) in [7, 11) is 0. The molecular formula is C17H19N3O2S. The number of aromatic nitrogens is 2. The van der Waals surface area contributed by atoms with Gasteiger partial charge >= 0.3 is 0 Å². The minimum Gasteiger partial charge on any atom is -0.312 e. The molecule has 23 heavy (non-hydrogen) atoms. The predicted octanol–water partition coefficient (Wildman–Crippen LogP) is 2.33. The molecule has 3 rings (SSSR count). The quantitative estimate of drug-likeness (QED) is 0.811. The van der Waals surface area contributed by atoms with Crippen LogP contribution in [-0.4, -0.2) is 27.8 Å². The molecule has 0 N–H and O–H groups in total. The van der Waals surface area contributed by atoms with Crippen LogP contribution in [-0.2, 0) is 11.3 Å². The van der Waals surface area contributed by atoms with Gasteiger partial charge in [0.25, 0.3) is 5.56 Å². The zero-order valence-electron chi connectivity index (χ0n) is 13.2. The molecule has 0 radical (unpaired) electrons. The molecule has 1 amide bonds. The second-order valence-corrected chi connectivity index (χ2v) is 6.55. The molecular weight excluding hydrogens is 310 g/mol. The molecule has 1 aliphatic heterocycles. The first-order valence-corrected chi connectivity index (χ1v) is 8.66. The molecule has 0 saturated carbocycles. The third-order valence-corrected chi connectivity index (χ3v) is 5.15. The summed E-state index contributed by atoms with van der Waals surface area (Å²) in [5.74, 6) is 0.497. The van der Waals surface area contributed by atoms with Gasteiger partial charge in [0.15, 0.2) is 5.16 Å². The van der Waals surface area contributed by atoms with E-state index < -0.39 is 0 Å². The molecule has 5 nitrogen and oxygen atoms in total. The second-order valence-electron chi connectivity index (χ2n) is 5.57. The Bertz CT molecular complexity index is 773. The number of amides is 1. The average Bonchev–Trinajstić information content (AvgIpc) is 2.59. The molecule has 0 saturated heterocycles. The van der Waals surface area contributed by atoms with E-state index in [0.29, 0.717) is 29.6 Å². The van der Waals surface area contributed by atoms with Crippen molar-refractivity contribution in [3.63, 3.8) is 0 Å². The number of hydrogen-bond acceptors (Lipinski definition) is 4. The maximum atomic E-state index is 12.9. The van der Waals surface area contributed by atoms with Gasteiger partial charge in [-0.1, -0.05) is 30.0 Å². The Labute approximate surface area is 139 Å². The summed E-state index contributed by atoms with van der Waals surface area (Å²) < 4.78 is 1.63. The third kappa shape index (κ3) is 3.03. The van der Waals surface area contributed by atoms with E-state index in [9.17, 15) is 9.59 Å². The van der Waals surface area contributed by atoms with E-state index in [1.54, 1.807) is 22.6 Å². The summed E-state index contributed by atoms with van der Waals surface area (Å²) in [6, 6.07) is 9.65. The number of carbonyl (C=O) groups is 1. The molecule has 120 valence electrons. The molecule has 1 aliphatic rings. The first-order chi connectivity index (χ1) is 11.1. The highest BCUT2D eigenvalue weighted by molar-refractivity contribution is 7.99. The fourth-order valence-electron chi connectivity index (χ4n) is 2.74. The molecule has 2 aromatic rings. The van der Waals surface area contributed by atoms with Crippen LogP contribution < -0.4 is 10.5 Å². The van der Waals surface area contributed by atoms with Crippen LogP contribution in [0.1, 0.15) is 12.5 Å². The Morgan fingerprint density at radius 1 is 1.39 bits per heavy atom. The lowest BCUT2D eigenvalue weighted by atomic mass is 10.1. The van der Waals surface area contributed by atoms with Crippen molar-refractivity contribution in [1.29, 1.82) is 0 Å². The number of para-hydroxylation sites is 1. The van der Waals surface area contributed by atoms with Crippen LogP contribution in [0.4, 0.5) is 5.69 Å². The summed E-state index contributed by atoms with van der Waals surface area (Å²) in [6.07, 6.45) is 1.60. The Kier molecular flexibility index (Phi) is 4.52. The number of fused-ring (bicyclic) bond motifs is 1. The van der Waals surface area contributed by atoms with Gasteiger partial charge in [0.2, 0.25) is 5.91 Å². The maximum Gasteiger partial charge on any atom is 0.257 e. The molecule has 1 aromatic carbocycles. The first-order valence-electron chi connectivity index (χ1n) is 7.67. The molecule has 0 spiro atoms. The van der Waals surface area contributed by atoms with Gasteiger partial charge in [-0.2, -0.15) is 0 Å². The van der Waals surface area contributed by atoms with Gasteiger partial charge in [0, 0.05) is 36.3 Å². The Morgan fingerprint density at radius 2 is 2.13 bits per heavy atom. The summed E-state index contributed by atoms with van der Waals surface area (Å²) in [6.45, 7) is 4.73. The van der Waals surface area contributed by atoms with Crippen LogP contribution in [0.15, 0.2) is 46.5 Å². The van der Waals surface area contributed by atoms with Crippen molar-refractivity contribution >= 4 is 23.4 Å². The highest BCUT2D eigenvalue weighted by Gasteiger charge is 2.30. The van der Waals surface area contributed by atoms with E-state index >= 15 is 0 Å². The summed E-state index contributed by atoms with van der Waals surface area (Å²) in [4.78, 5) is 31.3. The fourth-order valence-corrected chi connectivity index (χ4v) is 3.78. The van der Waals surface area contributed by atoms with Crippen LogP contribution in [0.2, 0.25) is 0 Å². The van der Waals surface area contributed by atoms with Crippen LogP contribution >= 0.6 is 11.8 Å². The summed E-state index contributed by atoms with van der Waals surface area (Å²) >= 11 is 1.48. The van der Waals surface area contributed by atoms with Crippen LogP contribution in [0, 0.1) is 12.8 Å². The monoisotopic (exact) mass is 329 g/mol. The second kappa shape index (κ2) is 6.58. The number of anilines is 1. The molecule has 0 aliphatic carbocycles. The fraction of sp³-hybridized carbons (Fsp3) is 0.353. The zero-order chi connectivity index (χ0) is 16.4. The van der Waals surface area contributed by atoms with Crippen LogP contribution in [0.3, 0.4) is 0 Å². The van der Waals surface area contributed by atoms with Crippen molar-refractivity contribution in [2.24, 2.45) is 5.92 Å². The molecule has 0 bridgehead atoms. The van der Waals surface area contributed by atoms with Crippen LogP contribution in [0.5, 0.6) is 0 Å². The lowest BCUT2D eigenvalue weighted by Gasteiger charge is -2.29. The largest absolute Gasteiger partial charge is 0.312 e. The van der Waals surface area contributed by atoms with E-state index in [2.05, 4.69) is 4.98 Å². The van der Waals surface area contributed by atoms with Gasteiger partial charge in [-0.15, -0.1) is 0 Å². The van der Waals surface area contributed by atoms with Gasteiger partial charge in [-0.05, 0) is 26.0 Å². The topological polar surface area (TPSA) is 55.2 Å². The van der Waals surface area contributed by atoms with Crippen molar-refractivity contribution in [3.05, 3.63) is 52.4 Å². The Hall–Kier alpha value is -2.08. The lowest BCUT2D eigenvalue weighted by molar-refractivity contribution is -0.122. The maximum absolute atomic E-state index is 12.9. The molecule has 1 unspecified atom stereocenters. The number of nitrogens with zero attached hydrogens (tertiary/aromatic N) is 3. The smallest absolute Gasteiger partial charge is 0.257 e.